The topological polar surface area (TPSA) is 32.3 Å². The molecular weight excluding hydrogens is 331 g/mol. The highest BCUT2D eigenvalue weighted by Crippen LogP contribution is 2.32. The smallest absolute Gasteiger partial charge is 0.255 e. The van der Waals surface area contributed by atoms with Crippen LogP contribution in [0.4, 0.5) is 11.4 Å². The number of hydrogen-bond acceptors (Lipinski definition) is 2. The lowest BCUT2D eigenvalue weighted by atomic mass is 10.1. The van der Waals surface area contributed by atoms with Crippen molar-refractivity contribution in [3.63, 3.8) is 0 Å². The summed E-state index contributed by atoms with van der Waals surface area (Å²) in [6.45, 7) is 0. The van der Waals surface area contributed by atoms with Gasteiger partial charge in [0.25, 0.3) is 5.91 Å². The second-order valence-corrected chi connectivity index (χ2v) is 5.87. The summed E-state index contributed by atoms with van der Waals surface area (Å²) >= 11 is 17.8. The van der Waals surface area contributed by atoms with Gasteiger partial charge in [-0.3, -0.25) is 4.79 Å². The molecule has 0 spiro atoms. The van der Waals surface area contributed by atoms with Crippen LogP contribution in [0, 0.1) is 0 Å². The Labute approximate surface area is 138 Å². The Kier molecular flexibility index (Phi) is 4.99. The van der Waals surface area contributed by atoms with E-state index in [0.29, 0.717) is 26.3 Å². The van der Waals surface area contributed by atoms with Crippen LogP contribution >= 0.6 is 34.8 Å². The Morgan fingerprint density at radius 1 is 1.00 bits per heavy atom. The Bertz CT molecular complexity index is 687. The van der Waals surface area contributed by atoms with Crippen LogP contribution < -0.4 is 10.2 Å². The number of amides is 1. The number of nitrogens with one attached hydrogen (secondary N) is 1. The quantitative estimate of drug-likeness (QED) is 0.798. The maximum Gasteiger partial charge on any atom is 0.255 e. The van der Waals surface area contributed by atoms with Crippen molar-refractivity contribution >= 4 is 52.1 Å². The molecule has 0 fully saturated rings. The predicted octanol–water partition coefficient (Wildman–Crippen LogP) is 4.97. The van der Waals surface area contributed by atoms with E-state index in [2.05, 4.69) is 5.32 Å². The molecule has 0 aliphatic carbocycles. The molecule has 1 N–H and O–H groups in total. The van der Waals surface area contributed by atoms with Crippen molar-refractivity contribution in [1.82, 2.24) is 0 Å². The van der Waals surface area contributed by atoms with E-state index in [1.807, 2.05) is 31.1 Å². The number of hydrogen-bond donors (Lipinski definition) is 1. The minimum atomic E-state index is -0.265. The van der Waals surface area contributed by atoms with Crippen LogP contribution in [0.2, 0.25) is 15.1 Å². The number of carbonyl (C=O) groups excluding carboxylic acids is 1. The maximum absolute atomic E-state index is 12.3. The molecule has 0 unspecified atom stereocenters. The van der Waals surface area contributed by atoms with E-state index in [1.54, 1.807) is 12.1 Å². The third kappa shape index (κ3) is 3.82. The first-order valence-corrected chi connectivity index (χ1v) is 7.25. The zero-order chi connectivity index (χ0) is 15.6. The van der Waals surface area contributed by atoms with Crippen LogP contribution in [0.25, 0.3) is 0 Å². The second-order valence-electron chi connectivity index (χ2n) is 4.65. The highest BCUT2D eigenvalue weighted by Gasteiger charge is 2.11. The summed E-state index contributed by atoms with van der Waals surface area (Å²) in [4.78, 5) is 14.2. The van der Waals surface area contributed by atoms with E-state index in [4.69, 9.17) is 34.8 Å². The van der Waals surface area contributed by atoms with E-state index >= 15 is 0 Å². The van der Waals surface area contributed by atoms with Gasteiger partial charge in [-0.05, 0) is 30.3 Å². The van der Waals surface area contributed by atoms with Gasteiger partial charge in [-0.1, -0.05) is 40.9 Å². The SMILES string of the molecule is CN(C)c1cccc(C(=O)Nc2cc(Cl)c(Cl)cc2Cl)c1. The number of carbonyl (C=O) groups is 1. The van der Waals surface area contributed by atoms with E-state index in [-0.39, 0.29) is 5.91 Å². The molecule has 0 saturated heterocycles. The van der Waals surface area contributed by atoms with Crippen LogP contribution in [-0.4, -0.2) is 20.0 Å². The van der Waals surface area contributed by atoms with Gasteiger partial charge in [0.05, 0.1) is 20.8 Å². The molecule has 2 aromatic carbocycles. The monoisotopic (exact) mass is 342 g/mol. The van der Waals surface area contributed by atoms with Gasteiger partial charge in [0.2, 0.25) is 0 Å². The molecule has 21 heavy (non-hydrogen) atoms. The molecular formula is C15H13Cl3N2O. The number of nitrogens with zero attached hydrogens (tertiary/aromatic N) is 1. The Morgan fingerprint density at radius 2 is 1.67 bits per heavy atom. The lowest BCUT2D eigenvalue weighted by molar-refractivity contribution is 0.102. The molecule has 0 saturated carbocycles. The first kappa shape index (κ1) is 16.0. The van der Waals surface area contributed by atoms with E-state index in [0.717, 1.165) is 5.69 Å². The van der Waals surface area contributed by atoms with Crippen molar-refractivity contribution in [2.45, 2.75) is 0 Å². The van der Waals surface area contributed by atoms with Crippen molar-refractivity contribution < 1.29 is 4.79 Å². The molecule has 2 rings (SSSR count). The summed E-state index contributed by atoms with van der Waals surface area (Å²) < 4.78 is 0. The van der Waals surface area contributed by atoms with Gasteiger partial charge < -0.3 is 10.2 Å². The fourth-order valence-corrected chi connectivity index (χ4v) is 2.33. The third-order valence-electron chi connectivity index (χ3n) is 2.88. The maximum atomic E-state index is 12.3. The summed E-state index contributed by atoms with van der Waals surface area (Å²) in [5, 5.41) is 3.74. The van der Waals surface area contributed by atoms with Gasteiger partial charge >= 0.3 is 0 Å². The fourth-order valence-electron chi connectivity index (χ4n) is 1.74. The average Bonchev–Trinajstić information content (AvgIpc) is 2.44. The Balaban J connectivity index is 2.26. The minimum Gasteiger partial charge on any atom is -0.378 e. The second kappa shape index (κ2) is 6.56. The lowest BCUT2D eigenvalue weighted by Gasteiger charge is -2.14. The number of anilines is 2. The fraction of sp³-hybridized carbons (Fsp3) is 0.133. The summed E-state index contributed by atoms with van der Waals surface area (Å²) in [5.41, 5.74) is 1.89. The first-order chi connectivity index (χ1) is 9.88. The normalized spacial score (nSPS) is 10.3. The zero-order valence-electron chi connectivity index (χ0n) is 11.5. The largest absolute Gasteiger partial charge is 0.378 e. The molecule has 6 heteroatoms. The van der Waals surface area contributed by atoms with Gasteiger partial charge in [0, 0.05) is 25.3 Å². The van der Waals surface area contributed by atoms with Crippen LogP contribution in [-0.2, 0) is 0 Å². The van der Waals surface area contributed by atoms with Crippen LogP contribution in [0.5, 0.6) is 0 Å². The average molecular weight is 344 g/mol. The molecule has 3 nitrogen and oxygen atoms in total. The first-order valence-electron chi connectivity index (χ1n) is 6.12. The van der Waals surface area contributed by atoms with Crippen molar-refractivity contribution in [1.29, 1.82) is 0 Å². The van der Waals surface area contributed by atoms with E-state index in [1.165, 1.54) is 12.1 Å². The standard InChI is InChI=1S/C15H13Cl3N2O/c1-20(2)10-5-3-4-9(6-10)15(21)19-14-8-12(17)11(16)7-13(14)18/h3-8H,1-2H3,(H,19,21). The molecule has 0 aromatic heterocycles. The Morgan fingerprint density at radius 3 is 2.33 bits per heavy atom. The predicted molar refractivity (Wildman–Crippen MR) is 90.2 cm³/mol. The van der Waals surface area contributed by atoms with Crippen LogP contribution in [0.15, 0.2) is 36.4 Å². The molecule has 1 amide bonds. The molecule has 0 radical (unpaired) electrons. The lowest BCUT2D eigenvalue weighted by Crippen LogP contribution is -2.14. The molecule has 0 aliphatic rings. The van der Waals surface area contributed by atoms with Crippen molar-refractivity contribution in [2.24, 2.45) is 0 Å². The number of rotatable bonds is 3. The van der Waals surface area contributed by atoms with Crippen LogP contribution in [0.1, 0.15) is 10.4 Å². The number of benzene rings is 2. The zero-order valence-corrected chi connectivity index (χ0v) is 13.7. The highest BCUT2D eigenvalue weighted by molar-refractivity contribution is 6.44. The summed E-state index contributed by atoms with van der Waals surface area (Å²) in [6, 6.07) is 10.3. The van der Waals surface area contributed by atoms with Gasteiger partial charge in [0.15, 0.2) is 0 Å². The molecule has 2 aromatic rings. The van der Waals surface area contributed by atoms with Crippen LogP contribution in [0.3, 0.4) is 0 Å². The van der Waals surface area contributed by atoms with Gasteiger partial charge in [0.1, 0.15) is 0 Å². The van der Waals surface area contributed by atoms with Crippen molar-refractivity contribution in [3.8, 4) is 0 Å². The minimum absolute atomic E-state index is 0.265. The Hall–Kier alpha value is -1.42. The van der Waals surface area contributed by atoms with Gasteiger partial charge in [-0.25, -0.2) is 0 Å². The summed E-state index contributed by atoms with van der Waals surface area (Å²) in [6.07, 6.45) is 0. The summed E-state index contributed by atoms with van der Waals surface area (Å²) in [5.74, 6) is -0.265. The van der Waals surface area contributed by atoms with Gasteiger partial charge in [-0.2, -0.15) is 0 Å². The molecule has 110 valence electrons. The molecule has 0 atom stereocenters. The number of halogens is 3. The van der Waals surface area contributed by atoms with Crippen molar-refractivity contribution in [3.05, 3.63) is 57.0 Å². The van der Waals surface area contributed by atoms with E-state index in [9.17, 15) is 4.79 Å². The van der Waals surface area contributed by atoms with Crippen molar-refractivity contribution in [2.75, 3.05) is 24.3 Å². The molecule has 0 heterocycles. The van der Waals surface area contributed by atoms with Gasteiger partial charge in [-0.15, -0.1) is 0 Å². The molecule has 0 aliphatic heterocycles. The summed E-state index contributed by atoms with van der Waals surface area (Å²) in [7, 11) is 3.82. The molecule has 0 bridgehead atoms. The van der Waals surface area contributed by atoms with E-state index < -0.39 is 0 Å². The third-order valence-corrected chi connectivity index (χ3v) is 3.92. The highest BCUT2D eigenvalue weighted by atomic mass is 35.5.